The zero-order valence-electron chi connectivity index (χ0n) is 11.4. The third-order valence-electron chi connectivity index (χ3n) is 2.52. The predicted octanol–water partition coefficient (Wildman–Crippen LogP) is 1.67. The third-order valence-corrected chi connectivity index (χ3v) is 2.52. The summed E-state index contributed by atoms with van der Waals surface area (Å²) >= 11 is 0. The molecule has 0 bridgehead atoms. The number of aryl methyl sites for hydroxylation is 1. The Morgan fingerprint density at radius 3 is 2.72 bits per heavy atom. The molecule has 0 unspecified atom stereocenters. The van der Waals surface area contributed by atoms with Crippen LogP contribution in [0.1, 0.15) is 17.5 Å². The van der Waals surface area contributed by atoms with Gasteiger partial charge in [0.05, 0.1) is 6.61 Å². The van der Waals surface area contributed by atoms with Crippen molar-refractivity contribution in [3.05, 3.63) is 29.3 Å². The quantitative estimate of drug-likeness (QED) is 0.634. The minimum Gasteiger partial charge on any atom is -0.494 e. The van der Waals surface area contributed by atoms with E-state index >= 15 is 0 Å². The van der Waals surface area contributed by atoms with Gasteiger partial charge < -0.3 is 14.7 Å². The van der Waals surface area contributed by atoms with Crippen molar-refractivity contribution in [1.29, 1.82) is 0 Å². The lowest BCUT2D eigenvalue weighted by Crippen LogP contribution is -2.15. The molecule has 3 heteroatoms. The Hall–Kier alpha value is -1.50. The fraction of sp³-hybridized carbons (Fsp3) is 0.467. The second-order valence-electron chi connectivity index (χ2n) is 4.44. The second kappa shape index (κ2) is 7.75. The van der Waals surface area contributed by atoms with Crippen molar-refractivity contribution in [3.8, 4) is 17.6 Å². The highest BCUT2D eigenvalue weighted by Gasteiger charge is 1.99. The molecular formula is C15H21NO2. The molecule has 1 rings (SSSR count). The fourth-order valence-corrected chi connectivity index (χ4v) is 1.57. The van der Waals surface area contributed by atoms with E-state index in [1.807, 2.05) is 25.1 Å². The van der Waals surface area contributed by atoms with E-state index in [0.717, 1.165) is 36.4 Å². The molecule has 0 aliphatic heterocycles. The summed E-state index contributed by atoms with van der Waals surface area (Å²) in [6, 6.07) is 5.83. The van der Waals surface area contributed by atoms with Gasteiger partial charge in [0.2, 0.25) is 0 Å². The minimum atomic E-state index is -0.109. The van der Waals surface area contributed by atoms with Gasteiger partial charge in [-0.25, -0.2) is 0 Å². The number of benzene rings is 1. The normalized spacial score (nSPS) is 10.1. The summed E-state index contributed by atoms with van der Waals surface area (Å²) in [6.45, 7) is 3.63. The van der Waals surface area contributed by atoms with Crippen LogP contribution in [0.15, 0.2) is 18.2 Å². The smallest absolute Gasteiger partial charge is 0.119 e. The largest absolute Gasteiger partial charge is 0.494 e. The molecule has 18 heavy (non-hydrogen) atoms. The first kappa shape index (κ1) is 14.6. The lowest BCUT2D eigenvalue weighted by Gasteiger charge is -2.11. The van der Waals surface area contributed by atoms with Crippen LogP contribution in [-0.4, -0.2) is 43.9 Å². The monoisotopic (exact) mass is 247 g/mol. The first-order chi connectivity index (χ1) is 8.63. The van der Waals surface area contributed by atoms with E-state index in [-0.39, 0.29) is 6.61 Å². The van der Waals surface area contributed by atoms with Gasteiger partial charge in [-0.1, -0.05) is 11.8 Å². The van der Waals surface area contributed by atoms with E-state index in [0.29, 0.717) is 0 Å². The van der Waals surface area contributed by atoms with Crippen molar-refractivity contribution in [2.45, 2.75) is 13.3 Å². The van der Waals surface area contributed by atoms with Crippen molar-refractivity contribution in [3.63, 3.8) is 0 Å². The average Bonchev–Trinajstić information content (AvgIpc) is 2.33. The minimum absolute atomic E-state index is 0.109. The summed E-state index contributed by atoms with van der Waals surface area (Å²) in [5.74, 6) is 6.43. The van der Waals surface area contributed by atoms with Crippen LogP contribution in [0.2, 0.25) is 0 Å². The summed E-state index contributed by atoms with van der Waals surface area (Å²) in [6.07, 6.45) is 1.01. The van der Waals surface area contributed by atoms with Gasteiger partial charge in [0.25, 0.3) is 0 Å². The van der Waals surface area contributed by atoms with Crippen molar-refractivity contribution < 1.29 is 9.84 Å². The van der Waals surface area contributed by atoms with E-state index < -0.39 is 0 Å². The van der Waals surface area contributed by atoms with E-state index in [2.05, 4.69) is 30.8 Å². The molecule has 98 valence electrons. The molecule has 0 heterocycles. The standard InChI is InChI=1S/C15H21NO2/c1-13-12-15(18-11-5-9-16(2)3)8-7-14(13)6-4-10-17/h7-8,12,17H,5,9-11H2,1-3H3. The third kappa shape index (κ3) is 5.22. The maximum atomic E-state index is 8.66. The molecular weight excluding hydrogens is 226 g/mol. The number of hydrogen-bond acceptors (Lipinski definition) is 3. The Labute approximate surface area is 109 Å². The van der Waals surface area contributed by atoms with Gasteiger partial charge in [0, 0.05) is 12.1 Å². The maximum absolute atomic E-state index is 8.66. The molecule has 0 spiro atoms. The Morgan fingerprint density at radius 1 is 1.33 bits per heavy atom. The lowest BCUT2D eigenvalue weighted by molar-refractivity contribution is 0.281. The summed E-state index contributed by atoms with van der Waals surface area (Å²) in [7, 11) is 4.11. The summed E-state index contributed by atoms with van der Waals surface area (Å²) in [5.41, 5.74) is 2.01. The Kier molecular flexibility index (Phi) is 6.27. The summed E-state index contributed by atoms with van der Waals surface area (Å²) in [4.78, 5) is 2.14. The van der Waals surface area contributed by atoms with Crippen molar-refractivity contribution in [2.24, 2.45) is 0 Å². The van der Waals surface area contributed by atoms with Crippen LogP contribution in [0.25, 0.3) is 0 Å². The van der Waals surface area contributed by atoms with E-state index in [1.165, 1.54) is 0 Å². The molecule has 0 saturated carbocycles. The molecule has 1 aromatic rings. The Balaban J connectivity index is 2.51. The highest BCUT2D eigenvalue weighted by Crippen LogP contribution is 2.16. The van der Waals surface area contributed by atoms with Crippen LogP contribution in [0.3, 0.4) is 0 Å². The average molecular weight is 247 g/mol. The number of nitrogens with zero attached hydrogens (tertiary/aromatic N) is 1. The van der Waals surface area contributed by atoms with Crippen LogP contribution in [0.5, 0.6) is 5.75 Å². The van der Waals surface area contributed by atoms with Crippen LogP contribution in [-0.2, 0) is 0 Å². The molecule has 0 fully saturated rings. The van der Waals surface area contributed by atoms with Gasteiger partial charge in [0.1, 0.15) is 12.4 Å². The Morgan fingerprint density at radius 2 is 2.11 bits per heavy atom. The molecule has 1 N–H and O–H groups in total. The van der Waals surface area contributed by atoms with Crippen LogP contribution >= 0.6 is 0 Å². The van der Waals surface area contributed by atoms with E-state index in [9.17, 15) is 0 Å². The first-order valence-corrected chi connectivity index (χ1v) is 6.11. The zero-order valence-corrected chi connectivity index (χ0v) is 11.4. The summed E-state index contributed by atoms with van der Waals surface area (Å²) < 4.78 is 5.67. The van der Waals surface area contributed by atoms with Gasteiger partial charge in [-0.05, 0) is 51.2 Å². The lowest BCUT2D eigenvalue weighted by atomic mass is 10.1. The predicted molar refractivity (Wildman–Crippen MR) is 73.8 cm³/mol. The van der Waals surface area contributed by atoms with Gasteiger partial charge in [0.15, 0.2) is 0 Å². The molecule has 0 saturated heterocycles. The summed E-state index contributed by atoms with van der Waals surface area (Å²) in [5, 5.41) is 8.66. The maximum Gasteiger partial charge on any atom is 0.119 e. The molecule has 0 aromatic heterocycles. The van der Waals surface area contributed by atoms with Gasteiger partial charge in [-0.2, -0.15) is 0 Å². The molecule has 0 radical (unpaired) electrons. The molecule has 1 aromatic carbocycles. The topological polar surface area (TPSA) is 32.7 Å². The second-order valence-corrected chi connectivity index (χ2v) is 4.44. The van der Waals surface area contributed by atoms with Crippen LogP contribution in [0, 0.1) is 18.8 Å². The molecule has 0 atom stereocenters. The number of hydrogen-bond donors (Lipinski definition) is 1. The van der Waals surface area contributed by atoms with Gasteiger partial charge >= 0.3 is 0 Å². The van der Waals surface area contributed by atoms with Crippen LogP contribution < -0.4 is 4.74 Å². The SMILES string of the molecule is Cc1cc(OCCCN(C)C)ccc1C#CCO. The molecule has 3 nitrogen and oxygen atoms in total. The van der Waals surface area contributed by atoms with E-state index in [1.54, 1.807) is 0 Å². The number of rotatable bonds is 5. The van der Waals surface area contributed by atoms with Gasteiger partial charge in [-0.3, -0.25) is 0 Å². The zero-order chi connectivity index (χ0) is 13.4. The number of aliphatic hydroxyl groups is 1. The van der Waals surface area contributed by atoms with Crippen molar-refractivity contribution in [2.75, 3.05) is 33.9 Å². The van der Waals surface area contributed by atoms with Crippen molar-refractivity contribution >= 4 is 0 Å². The fourth-order valence-electron chi connectivity index (χ4n) is 1.57. The van der Waals surface area contributed by atoms with E-state index in [4.69, 9.17) is 9.84 Å². The van der Waals surface area contributed by atoms with Crippen LogP contribution in [0.4, 0.5) is 0 Å². The highest BCUT2D eigenvalue weighted by atomic mass is 16.5. The first-order valence-electron chi connectivity index (χ1n) is 6.11. The highest BCUT2D eigenvalue weighted by molar-refractivity contribution is 5.44. The number of aliphatic hydroxyl groups excluding tert-OH is 1. The number of ether oxygens (including phenoxy) is 1. The van der Waals surface area contributed by atoms with Gasteiger partial charge in [-0.15, -0.1) is 0 Å². The molecule has 0 aliphatic rings. The Bertz CT molecular complexity index is 430. The van der Waals surface area contributed by atoms with Crippen molar-refractivity contribution in [1.82, 2.24) is 4.90 Å². The molecule has 0 amide bonds. The molecule has 0 aliphatic carbocycles.